The van der Waals surface area contributed by atoms with Gasteiger partial charge in [0.2, 0.25) is 5.91 Å². The number of hydrogen-bond donors (Lipinski definition) is 2. The van der Waals surface area contributed by atoms with Gasteiger partial charge in [0.1, 0.15) is 5.76 Å². The van der Waals surface area contributed by atoms with Gasteiger partial charge < -0.3 is 9.73 Å². The highest BCUT2D eigenvalue weighted by molar-refractivity contribution is 5.91. The van der Waals surface area contributed by atoms with Crippen LogP contribution in [0.15, 0.2) is 16.5 Å². The molecule has 1 aliphatic heterocycles. The molecule has 1 atom stereocenters. The van der Waals surface area contributed by atoms with E-state index in [-0.39, 0.29) is 11.8 Å². The minimum absolute atomic E-state index is 0.0524. The minimum Gasteiger partial charge on any atom is -0.446 e. The van der Waals surface area contributed by atoms with E-state index in [0.717, 1.165) is 31.7 Å². The Kier molecular flexibility index (Phi) is 3.06. The molecular weight excluding hydrogens is 192 g/mol. The molecule has 0 aromatic carbocycles. The molecular formula is C11H16N2O2. The first kappa shape index (κ1) is 10.2. The summed E-state index contributed by atoms with van der Waals surface area (Å²) < 4.78 is 5.29. The standard InChI is InChI=1S/C11H16N2O2/c1-8-4-5-10(15-8)13-11(14)9-3-2-6-12-7-9/h4-5,9,12H,2-3,6-7H2,1H3,(H,13,14). The van der Waals surface area contributed by atoms with Gasteiger partial charge in [0.25, 0.3) is 0 Å². The first-order chi connectivity index (χ1) is 7.25. The van der Waals surface area contributed by atoms with E-state index in [1.54, 1.807) is 6.07 Å². The molecule has 1 saturated heterocycles. The van der Waals surface area contributed by atoms with Crippen LogP contribution in [0.1, 0.15) is 18.6 Å². The maximum Gasteiger partial charge on any atom is 0.231 e. The van der Waals surface area contributed by atoms with Crippen molar-refractivity contribution in [3.05, 3.63) is 17.9 Å². The van der Waals surface area contributed by atoms with E-state index in [1.165, 1.54) is 0 Å². The molecule has 1 aromatic rings. The summed E-state index contributed by atoms with van der Waals surface area (Å²) in [6, 6.07) is 3.62. The maximum absolute atomic E-state index is 11.8. The summed E-state index contributed by atoms with van der Waals surface area (Å²) in [5, 5.41) is 6.00. The average molecular weight is 208 g/mol. The molecule has 1 aromatic heterocycles. The van der Waals surface area contributed by atoms with Crippen molar-refractivity contribution in [1.29, 1.82) is 0 Å². The van der Waals surface area contributed by atoms with Crippen LogP contribution in [0.4, 0.5) is 5.88 Å². The Morgan fingerprint density at radius 2 is 2.47 bits per heavy atom. The molecule has 82 valence electrons. The van der Waals surface area contributed by atoms with Crippen molar-refractivity contribution in [2.75, 3.05) is 18.4 Å². The fraction of sp³-hybridized carbons (Fsp3) is 0.545. The fourth-order valence-corrected chi connectivity index (χ4v) is 1.80. The van der Waals surface area contributed by atoms with Crippen molar-refractivity contribution in [3.63, 3.8) is 0 Å². The SMILES string of the molecule is Cc1ccc(NC(=O)C2CCCNC2)o1. The van der Waals surface area contributed by atoms with Gasteiger partial charge >= 0.3 is 0 Å². The molecule has 4 nitrogen and oxygen atoms in total. The number of anilines is 1. The monoisotopic (exact) mass is 208 g/mol. The van der Waals surface area contributed by atoms with Gasteiger partial charge in [-0.3, -0.25) is 10.1 Å². The lowest BCUT2D eigenvalue weighted by Crippen LogP contribution is -2.37. The van der Waals surface area contributed by atoms with Gasteiger partial charge in [0.15, 0.2) is 5.88 Å². The van der Waals surface area contributed by atoms with Gasteiger partial charge in [-0.2, -0.15) is 0 Å². The zero-order valence-corrected chi connectivity index (χ0v) is 8.88. The zero-order chi connectivity index (χ0) is 10.7. The van der Waals surface area contributed by atoms with Crippen LogP contribution < -0.4 is 10.6 Å². The fourth-order valence-electron chi connectivity index (χ4n) is 1.80. The summed E-state index contributed by atoms with van der Waals surface area (Å²) in [5.74, 6) is 1.48. The molecule has 1 fully saturated rings. The second-order valence-electron chi connectivity index (χ2n) is 3.94. The third kappa shape index (κ3) is 2.59. The Morgan fingerprint density at radius 3 is 3.07 bits per heavy atom. The number of furan rings is 1. The van der Waals surface area contributed by atoms with Crippen molar-refractivity contribution < 1.29 is 9.21 Å². The van der Waals surface area contributed by atoms with Crippen LogP contribution in [0, 0.1) is 12.8 Å². The van der Waals surface area contributed by atoms with Crippen LogP contribution in [0.2, 0.25) is 0 Å². The van der Waals surface area contributed by atoms with Crippen LogP contribution in [0.5, 0.6) is 0 Å². The summed E-state index contributed by atoms with van der Waals surface area (Å²) in [7, 11) is 0. The van der Waals surface area contributed by atoms with E-state index in [1.807, 2.05) is 13.0 Å². The smallest absolute Gasteiger partial charge is 0.231 e. The lowest BCUT2D eigenvalue weighted by atomic mass is 9.99. The predicted molar refractivity (Wildman–Crippen MR) is 57.7 cm³/mol. The highest BCUT2D eigenvalue weighted by Gasteiger charge is 2.21. The Balaban J connectivity index is 1.91. The maximum atomic E-state index is 11.8. The molecule has 15 heavy (non-hydrogen) atoms. The van der Waals surface area contributed by atoms with Crippen LogP contribution in [-0.4, -0.2) is 19.0 Å². The predicted octanol–water partition coefficient (Wildman–Crippen LogP) is 1.53. The number of hydrogen-bond acceptors (Lipinski definition) is 3. The quantitative estimate of drug-likeness (QED) is 0.775. The summed E-state index contributed by atoms with van der Waals surface area (Å²) in [6.07, 6.45) is 2.02. The second-order valence-corrected chi connectivity index (χ2v) is 3.94. The molecule has 0 aliphatic carbocycles. The Morgan fingerprint density at radius 1 is 1.60 bits per heavy atom. The van der Waals surface area contributed by atoms with Gasteiger partial charge in [0.05, 0.1) is 5.92 Å². The minimum atomic E-state index is 0.0524. The molecule has 4 heteroatoms. The molecule has 0 saturated carbocycles. The van der Waals surface area contributed by atoms with E-state index in [2.05, 4.69) is 10.6 Å². The second kappa shape index (κ2) is 4.49. The van der Waals surface area contributed by atoms with Crippen molar-refractivity contribution in [3.8, 4) is 0 Å². The molecule has 1 unspecified atom stereocenters. The molecule has 2 N–H and O–H groups in total. The van der Waals surface area contributed by atoms with E-state index >= 15 is 0 Å². The Labute approximate surface area is 89.0 Å². The van der Waals surface area contributed by atoms with Crippen molar-refractivity contribution in [1.82, 2.24) is 5.32 Å². The van der Waals surface area contributed by atoms with E-state index < -0.39 is 0 Å². The highest BCUT2D eigenvalue weighted by atomic mass is 16.4. The zero-order valence-electron chi connectivity index (χ0n) is 8.88. The summed E-state index contributed by atoms with van der Waals surface area (Å²) in [6.45, 7) is 3.65. The third-order valence-corrected chi connectivity index (χ3v) is 2.65. The molecule has 0 bridgehead atoms. The number of carbonyl (C=O) groups is 1. The Hall–Kier alpha value is -1.29. The van der Waals surface area contributed by atoms with E-state index in [9.17, 15) is 4.79 Å². The molecule has 2 rings (SSSR count). The lowest BCUT2D eigenvalue weighted by Gasteiger charge is -2.21. The molecule has 1 amide bonds. The largest absolute Gasteiger partial charge is 0.446 e. The van der Waals surface area contributed by atoms with Crippen LogP contribution >= 0.6 is 0 Å². The number of piperidine rings is 1. The third-order valence-electron chi connectivity index (χ3n) is 2.65. The average Bonchev–Trinajstić information content (AvgIpc) is 2.65. The van der Waals surface area contributed by atoms with Gasteiger partial charge in [-0.25, -0.2) is 0 Å². The molecule has 0 spiro atoms. The van der Waals surface area contributed by atoms with Crippen LogP contribution in [0.25, 0.3) is 0 Å². The van der Waals surface area contributed by atoms with E-state index in [0.29, 0.717) is 5.88 Å². The number of rotatable bonds is 2. The van der Waals surface area contributed by atoms with Gasteiger partial charge in [-0.1, -0.05) is 0 Å². The normalized spacial score (nSPS) is 21.3. The summed E-state index contributed by atoms with van der Waals surface area (Å²) in [5.41, 5.74) is 0. The molecule has 1 aliphatic rings. The topological polar surface area (TPSA) is 54.3 Å². The summed E-state index contributed by atoms with van der Waals surface area (Å²) >= 11 is 0. The van der Waals surface area contributed by atoms with Crippen LogP contribution in [-0.2, 0) is 4.79 Å². The highest BCUT2D eigenvalue weighted by Crippen LogP contribution is 2.16. The first-order valence-corrected chi connectivity index (χ1v) is 5.34. The number of carbonyl (C=O) groups excluding carboxylic acids is 1. The lowest BCUT2D eigenvalue weighted by molar-refractivity contribution is -0.120. The molecule has 2 heterocycles. The first-order valence-electron chi connectivity index (χ1n) is 5.34. The Bertz CT molecular complexity index is 340. The number of aryl methyl sites for hydroxylation is 1. The summed E-state index contributed by atoms with van der Waals surface area (Å²) in [4.78, 5) is 11.8. The van der Waals surface area contributed by atoms with E-state index in [4.69, 9.17) is 4.42 Å². The van der Waals surface area contributed by atoms with Crippen molar-refractivity contribution >= 4 is 11.8 Å². The molecule has 0 radical (unpaired) electrons. The van der Waals surface area contributed by atoms with Gasteiger partial charge in [0, 0.05) is 12.6 Å². The van der Waals surface area contributed by atoms with Crippen LogP contribution in [0.3, 0.4) is 0 Å². The van der Waals surface area contributed by atoms with Crippen molar-refractivity contribution in [2.24, 2.45) is 5.92 Å². The number of amides is 1. The van der Waals surface area contributed by atoms with Gasteiger partial charge in [-0.05, 0) is 32.4 Å². The van der Waals surface area contributed by atoms with Crippen molar-refractivity contribution in [2.45, 2.75) is 19.8 Å². The number of nitrogens with one attached hydrogen (secondary N) is 2. The van der Waals surface area contributed by atoms with Gasteiger partial charge in [-0.15, -0.1) is 0 Å².